The van der Waals surface area contributed by atoms with E-state index in [0.717, 1.165) is 22.7 Å². The summed E-state index contributed by atoms with van der Waals surface area (Å²) in [6.07, 6.45) is -1.76. The van der Waals surface area contributed by atoms with Crippen LogP contribution in [0.1, 0.15) is 23.1 Å². The molecule has 0 saturated carbocycles. The number of nitrogens with zero attached hydrogens (tertiary/aromatic N) is 3. The number of carbonyl (C=O) groups excluding carboxylic acids is 2. The molecular formula is C24H20ClF3N4O3S. The highest BCUT2D eigenvalue weighted by atomic mass is 35.5. The summed E-state index contributed by atoms with van der Waals surface area (Å²) in [5, 5.41) is 17.8. The molecule has 2 fully saturated rings. The first-order chi connectivity index (χ1) is 17.1. The van der Waals surface area contributed by atoms with E-state index in [0.29, 0.717) is 36.0 Å². The van der Waals surface area contributed by atoms with Gasteiger partial charge in [-0.3, -0.25) is 19.2 Å². The van der Waals surface area contributed by atoms with Crippen LogP contribution in [0.4, 0.5) is 18.0 Å². The summed E-state index contributed by atoms with van der Waals surface area (Å²) in [6.45, 7) is 0.847. The molecule has 0 bridgehead atoms. The highest BCUT2D eigenvalue weighted by molar-refractivity contribution is 8.18. The second-order valence-electron chi connectivity index (χ2n) is 8.60. The van der Waals surface area contributed by atoms with Crippen LogP contribution in [-0.4, -0.2) is 56.2 Å². The molecular weight excluding hydrogens is 517 g/mol. The summed E-state index contributed by atoms with van der Waals surface area (Å²) < 4.78 is 41.9. The van der Waals surface area contributed by atoms with Crippen LogP contribution in [0.2, 0.25) is 5.02 Å². The SMILES string of the molecule is O=C1S/C(=C\c2ccc3c(cnn3Cc3ccc(Cl)cc3C(F)(F)F)c2)C(=O)N1[C@@H]1CNCC[C@@H]1O. The number of nitrogens with one attached hydrogen (secondary N) is 1. The number of aliphatic hydroxyl groups is 1. The van der Waals surface area contributed by atoms with Crippen molar-refractivity contribution in [2.75, 3.05) is 13.1 Å². The van der Waals surface area contributed by atoms with Crippen LogP contribution in [0.5, 0.6) is 0 Å². The van der Waals surface area contributed by atoms with Gasteiger partial charge in [-0.05, 0) is 66.2 Å². The largest absolute Gasteiger partial charge is 0.416 e. The van der Waals surface area contributed by atoms with Crippen LogP contribution in [0.3, 0.4) is 0 Å². The lowest BCUT2D eigenvalue weighted by Crippen LogP contribution is -2.55. The fraction of sp³-hybridized carbons (Fsp3) is 0.292. The monoisotopic (exact) mass is 536 g/mol. The second-order valence-corrected chi connectivity index (χ2v) is 10.0. The molecule has 2 N–H and O–H groups in total. The Balaban J connectivity index is 1.40. The Bertz CT molecular complexity index is 1390. The molecule has 7 nitrogen and oxygen atoms in total. The van der Waals surface area contributed by atoms with Crippen LogP contribution in [0.15, 0.2) is 47.5 Å². The van der Waals surface area contributed by atoms with Crippen LogP contribution in [0.25, 0.3) is 17.0 Å². The first kappa shape index (κ1) is 24.8. The number of amides is 2. The lowest BCUT2D eigenvalue weighted by Gasteiger charge is -2.33. The van der Waals surface area contributed by atoms with Gasteiger partial charge in [0, 0.05) is 17.0 Å². The van der Waals surface area contributed by atoms with Crippen molar-refractivity contribution in [1.29, 1.82) is 0 Å². The average molecular weight is 537 g/mol. The predicted molar refractivity (Wildman–Crippen MR) is 130 cm³/mol. The number of alkyl halides is 3. The molecule has 5 rings (SSSR count). The Morgan fingerprint density at radius 2 is 2.03 bits per heavy atom. The van der Waals surface area contributed by atoms with Crippen LogP contribution < -0.4 is 5.32 Å². The van der Waals surface area contributed by atoms with E-state index < -0.39 is 35.0 Å². The maximum atomic E-state index is 13.5. The smallest absolute Gasteiger partial charge is 0.391 e. The van der Waals surface area contributed by atoms with E-state index >= 15 is 0 Å². The molecule has 3 heterocycles. The number of piperidine rings is 1. The topological polar surface area (TPSA) is 87.5 Å². The Morgan fingerprint density at radius 1 is 1.22 bits per heavy atom. The van der Waals surface area contributed by atoms with Gasteiger partial charge in [0.15, 0.2) is 0 Å². The van der Waals surface area contributed by atoms with Gasteiger partial charge in [0.1, 0.15) is 0 Å². The molecule has 2 aromatic carbocycles. The normalized spacial score (nSPS) is 22.2. The van der Waals surface area contributed by atoms with E-state index in [1.807, 2.05) is 0 Å². The van der Waals surface area contributed by atoms with Crippen molar-refractivity contribution in [2.45, 2.75) is 31.3 Å². The number of thioether (sulfide) groups is 1. The molecule has 3 aromatic rings. The zero-order valence-corrected chi connectivity index (χ0v) is 20.2. The standard InChI is InChI=1S/C24H20ClF3N4O3S/c25-16-3-2-14(17(9-16)24(26,27)28)12-31-18-4-1-13(7-15(18)10-30-31)8-21-22(34)32(23(35)36-21)19-11-29-6-5-20(19)33/h1-4,7-10,19-20,29,33H,5-6,11-12H2/b21-8-/t19-,20+/m1/s1. The Labute approximate surface area is 212 Å². The number of imide groups is 1. The number of aromatic nitrogens is 2. The zero-order chi connectivity index (χ0) is 25.6. The lowest BCUT2D eigenvalue weighted by atomic mass is 10.0. The molecule has 0 radical (unpaired) electrons. The summed E-state index contributed by atoms with van der Waals surface area (Å²) >= 11 is 6.58. The maximum Gasteiger partial charge on any atom is 0.416 e. The minimum Gasteiger partial charge on any atom is -0.391 e. The first-order valence-electron chi connectivity index (χ1n) is 11.1. The van der Waals surface area contributed by atoms with Gasteiger partial charge in [0.2, 0.25) is 0 Å². The van der Waals surface area contributed by atoms with E-state index in [4.69, 9.17) is 11.6 Å². The Morgan fingerprint density at radius 3 is 2.78 bits per heavy atom. The Hall–Kier alpha value is -2.86. The summed E-state index contributed by atoms with van der Waals surface area (Å²) in [5.41, 5.74) is 0.468. The van der Waals surface area contributed by atoms with Gasteiger partial charge in [-0.25, -0.2) is 0 Å². The molecule has 2 aliphatic rings. The van der Waals surface area contributed by atoms with Gasteiger partial charge in [-0.2, -0.15) is 18.3 Å². The predicted octanol–water partition coefficient (Wildman–Crippen LogP) is 4.52. The summed E-state index contributed by atoms with van der Waals surface area (Å²) in [7, 11) is 0. The fourth-order valence-electron chi connectivity index (χ4n) is 4.44. The van der Waals surface area contributed by atoms with Gasteiger partial charge in [-0.1, -0.05) is 23.7 Å². The number of hydrogen-bond donors (Lipinski definition) is 2. The van der Waals surface area contributed by atoms with Gasteiger partial charge in [-0.15, -0.1) is 0 Å². The molecule has 0 aliphatic carbocycles. The third-order valence-electron chi connectivity index (χ3n) is 6.23. The van der Waals surface area contributed by atoms with Crippen molar-refractivity contribution in [3.63, 3.8) is 0 Å². The molecule has 2 atom stereocenters. The minimum absolute atomic E-state index is 0.000265. The number of fused-ring (bicyclic) bond motifs is 1. The highest BCUT2D eigenvalue weighted by Crippen LogP contribution is 2.36. The molecule has 2 aliphatic heterocycles. The van der Waals surface area contributed by atoms with E-state index in [1.165, 1.54) is 23.0 Å². The molecule has 188 valence electrons. The first-order valence-corrected chi connectivity index (χ1v) is 12.3. The summed E-state index contributed by atoms with van der Waals surface area (Å²) in [5.74, 6) is -0.462. The summed E-state index contributed by atoms with van der Waals surface area (Å²) in [6, 6.07) is 8.18. The van der Waals surface area contributed by atoms with E-state index in [9.17, 15) is 27.9 Å². The third kappa shape index (κ3) is 4.75. The Kier molecular flexibility index (Phi) is 6.58. The molecule has 36 heavy (non-hydrogen) atoms. The maximum absolute atomic E-state index is 13.5. The quantitative estimate of drug-likeness (QED) is 0.477. The lowest BCUT2D eigenvalue weighted by molar-refractivity contribution is -0.138. The van der Waals surface area contributed by atoms with Crippen molar-refractivity contribution in [3.05, 3.63) is 69.2 Å². The molecule has 0 unspecified atom stereocenters. The number of halogens is 4. The van der Waals surface area contributed by atoms with E-state index in [1.54, 1.807) is 24.3 Å². The number of benzene rings is 2. The van der Waals surface area contributed by atoms with Gasteiger partial charge < -0.3 is 10.4 Å². The zero-order valence-electron chi connectivity index (χ0n) is 18.6. The van der Waals surface area contributed by atoms with Crippen LogP contribution in [0, 0.1) is 0 Å². The average Bonchev–Trinajstić information content (AvgIpc) is 3.34. The number of carbonyl (C=O) groups is 2. The third-order valence-corrected chi connectivity index (χ3v) is 7.35. The van der Waals surface area contributed by atoms with Gasteiger partial charge >= 0.3 is 6.18 Å². The van der Waals surface area contributed by atoms with Crippen molar-refractivity contribution in [1.82, 2.24) is 20.0 Å². The molecule has 0 spiro atoms. The molecule has 1 aromatic heterocycles. The van der Waals surface area contributed by atoms with Crippen molar-refractivity contribution >= 4 is 51.5 Å². The molecule has 12 heteroatoms. The van der Waals surface area contributed by atoms with Gasteiger partial charge in [0.05, 0.1) is 40.9 Å². The van der Waals surface area contributed by atoms with Crippen LogP contribution in [-0.2, 0) is 17.5 Å². The van der Waals surface area contributed by atoms with Crippen molar-refractivity contribution in [2.24, 2.45) is 0 Å². The number of rotatable bonds is 4. The van der Waals surface area contributed by atoms with E-state index in [2.05, 4.69) is 10.4 Å². The number of aliphatic hydroxyl groups excluding tert-OH is 1. The van der Waals surface area contributed by atoms with Gasteiger partial charge in [0.25, 0.3) is 11.1 Å². The molecule has 2 amide bonds. The van der Waals surface area contributed by atoms with E-state index in [-0.39, 0.29) is 22.0 Å². The van der Waals surface area contributed by atoms with Crippen LogP contribution >= 0.6 is 23.4 Å². The van der Waals surface area contributed by atoms with Crippen molar-refractivity contribution < 1.29 is 27.9 Å². The number of hydrogen-bond acceptors (Lipinski definition) is 6. The minimum atomic E-state index is -4.55. The summed E-state index contributed by atoms with van der Waals surface area (Å²) in [4.78, 5) is 26.8. The molecule has 2 saturated heterocycles. The second kappa shape index (κ2) is 9.55. The fourth-order valence-corrected chi connectivity index (χ4v) is 5.50. The highest BCUT2D eigenvalue weighted by Gasteiger charge is 2.43. The van der Waals surface area contributed by atoms with Crippen molar-refractivity contribution in [3.8, 4) is 0 Å².